The van der Waals surface area contributed by atoms with Crippen LogP contribution in [0.1, 0.15) is 44.2 Å². The van der Waals surface area contributed by atoms with E-state index >= 15 is 0 Å². The van der Waals surface area contributed by atoms with E-state index in [4.69, 9.17) is 4.42 Å². The predicted octanol–water partition coefficient (Wildman–Crippen LogP) is 1.07. The van der Waals surface area contributed by atoms with Crippen LogP contribution in [0.25, 0.3) is 0 Å². The molecule has 0 aliphatic carbocycles. The van der Waals surface area contributed by atoms with Gasteiger partial charge < -0.3 is 20.2 Å². The maximum atomic E-state index is 12.1. The first-order valence-corrected chi connectivity index (χ1v) is 6.75. The predicted molar refractivity (Wildman–Crippen MR) is 74.2 cm³/mol. The first-order chi connectivity index (χ1) is 9.48. The monoisotopic (exact) mass is 282 g/mol. The van der Waals surface area contributed by atoms with E-state index in [0.717, 1.165) is 0 Å². The second-order valence-electron chi connectivity index (χ2n) is 4.81. The van der Waals surface area contributed by atoms with Gasteiger partial charge in [0, 0.05) is 0 Å². The summed E-state index contributed by atoms with van der Waals surface area (Å²) in [6.07, 6.45) is 2.62. The lowest BCUT2D eigenvalue weighted by molar-refractivity contribution is -0.125. The highest BCUT2D eigenvalue weighted by molar-refractivity contribution is 5.95. The summed E-state index contributed by atoms with van der Waals surface area (Å²) in [7, 11) is 0. The normalized spacial score (nSPS) is 12.8. The molecule has 1 aromatic rings. The summed E-state index contributed by atoms with van der Waals surface area (Å²) in [6.45, 7) is 5.24. The molecular formula is C14H22N2O4. The second kappa shape index (κ2) is 7.09. The number of aliphatic hydroxyl groups is 1. The number of rotatable bonds is 7. The summed E-state index contributed by atoms with van der Waals surface area (Å²) in [5, 5.41) is 14.8. The maximum absolute atomic E-state index is 12.1. The smallest absolute Gasteiger partial charge is 0.287 e. The van der Waals surface area contributed by atoms with Crippen LogP contribution in [0.5, 0.6) is 0 Å². The van der Waals surface area contributed by atoms with E-state index in [-0.39, 0.29) is 18.3 Å². The zero-order valence-corrected chi connectivity index (χ0v) is 12.1. The number of carbonyl (C=O) groups excluding carboxylic acids is 2. The standard InChI is InChI=1S/C14H22N2O4/c1-4-14(5-2,9-17)16-12(18)10(3)15-13(19)11-7-6-8-20-11/h6-8,10,17H,4-5,9H2,1-3H3,(H,15,19)(H,16,18). The van der Waals surface area contributed by atoms with Crippen molar-refractivity contribution in [1.82, 2.24) is 10.6 Å². The molecule has 0 aliphatic heterocycles. The molecule has 1 aromatic heterocycles. The van der Waals surface area contributed by atoms with Crippen molar-refractivity contribution in [3.05, 3.63) is 24.2 Å². The lowest BCUT2D eigenvalue weighted by Crippen LogP contribution is -2.56. The SMILES string of the molecule is CCC(CC)(CO)NC(=O)C(C)NC(=O)c1ccco1. The summed E-state index contributed by atoms with van der Waals surface area (Å²) < 4.78 is 4.96. The molecule has 1 unspecified atom stereocenters. The van der Waals surface area contributed by atoms with Crippen LogP contribution in [0.2, 0.25) is 0 Å². The fraction of sp³-hybridized carbons (Fsp3) is 0.571. The van der Waals surface area contributed by atoms with Gasteiger partial charge in [0.05, 0.1) is 18.4 Å². The quantitative estimate of drug-likeness (QED) is 0.697. The first-order valence-electron chi connectivity index (χ1n) is 6.75. The van der Waals surface area contributed by atoms with Crippen molar-refractivity contribution < 1.29 is 19.1 Å². The lowest BCUT2D eigenvalue weighted by atomic mass is 9.93. The Hall–Kier alpha value is -1.82. The van der Waals surface area contributed by atoms with Gasteiger partial charge in [-0.3, -0.25) is 9.59 Å². The number of hydrogen-bond acceptors (Lipinski definition) is 4. The number of aliphatic hydroxyl groups excluding tert-OH is 1. The third-order valence-electron chi connectivity index (χ3n) is 3.53. The Morgan fingerprint density at radius 2 is 2.05 bits per heavy atom. The molecule has 0 spiro atoms. The molecule has 0 aromatic carbocycles. The van der Waals surface area contributed by atoms with Crippen molar-refractivity contribution in [3.8, 4) is 0 Å². The lowest BCUT2D eigenvalue weighted by Gasteiger charge is -2.32. The molecule has 0 fully saturated rings. The van der Waals surface area contributed by atoms with Crippen molar-refractivity contribution in [2.75, 3.05) is 6.61 Å². The molecule has 6 heteroatoms. The van der Waals surface area contributed by atoms with Crippen molar-refractivity contribution in [3.63, 3.8) is 0 Å². The van der Waals surface area contributed by atoms with Gasteiger partial charge in [-0.15, -0.1) is 0 Å². The van der Waals surface area contributed by atoms with E-state index in [0.29, 0.717) is 12.8 Å². The summed E-state index contributed by atoms with van der Waals surface area (Å²) in [5.41, 5.74) is -0.638. The van der Waals surface area contributed by atoms with E-state index in [1.54, 1.807) is 13.0 Å². The molecule has 3 N–H and O–H groups in total. The highest BCUT2D eigenvalue weighted by Crippen LogP contribution is 2.14. The Balaban J connectivity index is 2.61. The van der Waals surface area contributed by atoms with Gasteiger partial charge in [-0.1, -0.05) is 13.8 Å². The zero-order chi connectivity index (χ0) is 15.2. The molecular weight excluding hydrogens is 260 g/mol. The molecule has 112 valence electrons. The molecule has 0 bridgehead atoms. The van der Waals surface area contributed by atoms with E-state index in [9.17, 15) is 14.7 Å². The zero-order valence-electron chi connectivity index (χ0n) is 12.1. The maximum Gasteiger partial charge on any atom is 0.287 e. The van der Waals surface area contributed by atoms with Gasteiger partial charge in [-0.2, -0.15) is 0 Å². The third-order valence-corrected chi connectivity index (χ3v) is 3.53. The fourth-order valence-electron chi connectivity index (χ4n) is 1.80. The molecule has 1 heterocycles. The van der Waals surface area contributed by atoms with Crippen molar-refractivity contribution >= 4 is 11.8 Å². The minimum atomic E-state index is -0.711. The van der Waals surface area contributed by atoms with Gasteiger partial charge >= 0.3 is 0 Å². The average Bonchev–Trinajstić information content (AvgIpc) is 2.99. The van der Waals surface area contributed by atoms with Crippen LogP contribution < -0.4 is 10.6 Å². The first kappa shape index (κ1) is 16.2. The molecule has 2 amide bonds. The van der Waals surface area contributed by atoms with Crippen molar-refractivity contribution in [2.24, 2.45) is 0 Å². The minimum Gasteiger partial charge on any atom is -0.459 e. The highest BCUT2D eigenvalue weighted by Gasteiger charge is 2.29. The second-order valence-corrected chi connectivity index (χ2v) is 4.81. The summed E-state index contributed by atoms with van der Waals surface area (Å²) >= 11 is 0. The van der Waals surface area contributed by atoms with Crippen LogP contribution in [-0.4, -0.2) is 35.1 Å². The van der Waals surface area contributed by atoms with E-state index in [1.165, 1.54) is 12.3 Å². The summed E-state index contributed by atoms with van der Waals surface area (Å²) in [5.74, 6) is -0.619. The molecule has 1 rings (SSSR count). The minimum absolute atomic E-state index is 0.134. The fourth-order valence-corrected chi connectivity index (χ4v) is 1.80. The van der Waals surface area contributed by atoms with Gasteiger partial charge in [-0.05, 0) is 31.9 Å². The Kier molecular flexibility index (Phi) is 5.76. The Morgan fingerprint density at radius 3 is 2.50 bits per heavy atom. The Bertz CT molecular complexity index is 430. The molecule has 0 aliphatic rings. The summed E-state index contributed by atoms with van der Waals surface area (Å²) in [4.78, 5) is 23.8. The van der Waals surface area contributed by atoms with Gasteiger partial charge in [0.2, 0.25) is 5.91 Å². The van der Waals surface area contributed by atoms with Gasteiger partial charge in [0.25, 0.3) is 5.91 Å². The van der Waals surface area contributed by atoms with Gasteiger partial charge in [0.15, 0.2) is 5.76 Å². The van der Waals surface area contributed by atoms with Crippen LogP contribution in [0.4, 0.5) is 0 Å². The largest absolute Gasteiger partial charge is 0.459 e. The topological polar surface area (TPSA) is 91.6 Å². The molecule has 0 radical (unpaired) electrons. The van der Waals surface area contributed by atoms with Gasteiger partial charge in [-0.25, -0.2) is 0 Å². The van der Waals surface area contributed by atoms with E-state index < -0.39 is 17.5 Å². The Morgan fingerprint density at radius 1 is 1.40 bits per heavy atom. The Labute approximate surface area is 118 Å². The van der Waals surface area contributed by atoms with Crippen molar-refractivity contribution in [2.45, 2.75) is 45.2 Å². The van der Waals surface area contributed by atoms with Crippen LogP contribution in [0.15, 0.2) is 22.8 Å². The van der Waals surface area contributed by atoms with Crippen molar-refractivity contribution in [1.29, 1.82) is 0 Å². The highest BCUT2D eigenvalue weighted by atomic mass is 16.3. The van der Waals surface area contributed by atoms with Gasteiger partial charge in [0.1, 0.15) is 6.04 Å². The third kappa shape index (κ3) is 3.84. The average molecular weight is 282 g/mol. The number of furan rings is 1. The molecule has 6 nitrogen and oxygen atoms in total. The van der Waals surface area contributed by atoms with E-state index in [1.807, 2.05) is 13.8 Å². The van der Waals surface area contributed by atoms with Crippen LogP contribution in [0.3, 0.4) is 0 Å². The van der Waals surface area contributed by atoms with Crippen LogP contribution in [-0.2, 0) is 4.79 Å². The van der Waals surface area contributed by atoms with Crippen LogP contribution in [0, 0.1) is 0 Å². The number of carbonyl (C=O) groups is 2. The summed E-state index contributed by atoms with van der Waals surface area (Å²) in [6, 6.07) is 2.41. The van der Waals surface area contributed by atoms with E-state index in [2.05, 4.69) is 10.6 Å². The number of amides is 2. The molecule has 1 atom stereocenters. The number of hydrogen-bond donors (Lipinski definition) is 3. The molecule has 0 saturated heterocycles. The molecule has 0 saturated carbocycles. The van der Waals surface area contributed by atoms with Crippen LogP contribution >= 0.6 is 0 Å². The number of nitrogens with one attached hydrogen (secondary N) is 2. The molecule has 20 heavy (non-hydrogen) atoms.